The van der Waals surface area contributed by atoms with Crippen LogP contribution in [0.25, 0.3) is 0 Å². The van der Waals surface area contributed by atoms with Crippen LogP contribution in [0.1, 0.15) is 90.9 Å². The van der Waals surface area contributed by atoms with Gasteiger partial charge < -0.3 is 9.47 Å². The summed E-state index contributed by atoms with van der Waals surface area (Å²) in [6.07, 6.45) is 17.6. The summed E-state index contributed by atoms with van der Waals surface area (Å²) in [7, 11) is 0. The van der Waals surface area contributed by atoms with Crippen molar-refractivity contribution in [2.24, 2.45) is 34.5 Å². The van der Waals surface area contributed by atoms with Crippen LogP contribution in [0.4, 0.5) is 0 Å². The quantitative estimate of drug-likeness (QED) is 0.400. The van der Waals surface area contributed by atoms with Crippen molar-refractivity contribution in [3.8, 4) is 6.07 Å². The van der Waals surface area contributed by atoms with Crippen LogP contribution in [0.5, 0.6) is 0 Å². The second-order valence-electron chi connectivity index (χ2n) is 11.3. The SMILES string of the molecule is C[C@]12CC[C@@H](O[C@@H]3CCCCO3)C[C@@H]1CC[C@@H]1[C@@H]2CC[C@]2(C)/C(=C/C#N)CC[C@@H]12. The molecule has 4 aliphatic carbocycles. The molecule has 0 bridgehead atoms. The van der Waals surface area contributed by atoms with Gasteiger partial charge >= 0.3 is 0 Å². The van der Waals surface area contributed by atoms with Crippen molar-refractivity contribution >= 4 is 0 Å². The molecule has 3 nitrogen and oxygen atoms in total. The minimum Gasteiger partial charge on any atom is -0.353 e. The molecule has 5 aliphatic rings. The number of allylic oxidation sites excluding steroid dienone is 2. The lowest BCUT2D eigenvalue weighted by Gasteiger charge is -2.60. The summed E-state index contributed by atoms with van der Waals surface area (Å²) >= 11 is 0. The highest BCUT2D eigenvalue weighted by atomic mass is 16.7. The Balaban J connectivity index is 1.29. The molecule has 5 rings (SSSR count). The van der Waals surface area contributed by atoms with E-state index >= 15 is 0 Å². The van der Waals surface area contributed by atoms with Gasteiger partial charge in [-0.1, -0.05) is 19.4 Å². The van der Waals surface area contributed by atoms with Crippen LogP contribution < -0.4 is 0 Å². The maximum atomic E-state index is 9.25. The summed E-state index contributed by atoms with van der Waals surface area (Å²) < 4.78 is 12.3. The predicted molar refractivity (Wildman–Crippen MR) is 114 cm³/mol. The normalized spacial score (nSPS) is 51.0. The highest BCUT2D eigenvalue weighted by Gasteiger charge is 2.59. The van der Waals surface area contributed by atoms with Gasteiger partial charge in [0.25, 0.3) is 0 Å². The molecule has 0 aromatic rings. The largest absolute Gasteiger partial charge is 0.353 e. The van der Waals surface area contributed by atoms with Gasteiger partial charge in [0.2, 0.25) is 0 Å². The number of fused-ring (bicyclic) bond motifs is 5. The molecule has 1 aliphatic heterocycles. The van der Waals surface area contributed by atoms with Crippen molar-refractivity contribution in [3.63, 3.8) is 0 Å². The minimum atomic E-state index is 0.0636. The van der Waals surface area contributed by atoms with E-state index in [-0.39, 0.29) is 6.29 Å². The molecule has 8 atom stereocenters. The summed E-state index contributed by atoms with van der Waals surface area (Å²) in [5.41, 5.74) is 2.26. The smallest absolute Gasteiger partial charge is 0.157 e. The Kier molecular flexibility index (Phi) is 5.32. The first-order valence-corrected chi connectivity index (χ1v) is 12.4. The number of hydrogen-bond acceptors (Lipinski definition) is 3. The zero-order valence-corrected chi connectivity index (χ0v) is 18.5. The Labute approximate surface area is 177 Å². The van der Waals surface area contributed by atoms with Crippen LogP contribution >= 0.6 is 0 Å². The van der Waals surface area contributed by atoms with Crippen LogP contribution in [0, 0.1) is 45.8 Å². The van der Waals surface area contributed by atoms with E-state index in [1.165, 1.54) is 69.8 Å². The van der Waals surface area contributed by atoms with Gasteiger partial charge in [0.15, 0.2) is 6.29 Å². The first-order valence-electron chi connectivity index (χ1n) is 12.4. The third-order valence-corrected chi connectivity index (χ3v) is 10.2. The van der Waals surface area contributed by atoms with Gasteiger partial charge in [0, 0.05) is 12.7 Å². The van der Waals surface area contributed by atoms with Crippen LogP contribution in [0.2, 0.25) is 0 Å². The van der Waals surface area contributed by atoms with Crippen LogP contribution in [0.3, 0.4) is 0 Å². The molecule has 0 amide bonds. The minimum absolute atomic E-state index is 0.0636. The first kappa shape index (κ1) is 20.1. The Hall–Kier alpha value is -0.850. The summed E-state index contributed by atoms with van der Waals surface area (Å²) in [5, 5.41) is 9.25. The highest BCUT2D eigenvalue weighted by molar-refractivity contribution is 5.28. The molecule has 0 spiro atoms. The Morgan fingerprint density at radius 3 is 2.72 bits per heavy atom. The maximum Gasteiger partial charge on any atom is 0.157 e. The van der Waals surface area contributed by atoms with E-state index in [0.29, 0.717) is 16.9 Å². The van der Waals surface area contributed by atoms with E-state index in [2.05, 4.69) is 19.9 Å². The van der Waals surface area contributed by atoms with Gasteiger partial charge in [-0.3, -0.25) is 0 Å². The predicted octanol–water partition coefficient (Wildman–Crippen LogP) is 6.39. The van der Waals surface area contributed by atoms with Crippen molar-refractivity contribution in [2.75, 3.05) is 6.61 Å². The molecular weight excluding hydrogens is 358 g/mol. The fourth-order valence-corrected chi connectivity index (χ4v) is 8.54. The average Bonchev–Trinajstić information content (AvgIpc) is 3.06. The summed E-state index contributed by atoms with van der Waals surface area (Å²) in [4.78, 5) is 0. The van der Waals surface area contributed by atoms with E-state index in [4.69, 9.17) is 9.47 Å². The van der Waals surface area contributed by atoms with Gasteiger partial charge in [-0.2, -0.15) is 5.26 Å². The van der Waals surface area contributed by atoms with Crippen LogP contribution in [-0.4, -0.2) is 19.0 Å². The molecule has 0 N–H and O–H groups in total. The standard InChI is InChI=1S/C26H39NO2/c1-25-14-11-23-21(22(25)9-7-18(25)12-15-27)8-6-19-17-20(10-13-26(19,23)2)29-24-5-3-4-16-28-24/h12,19-24H,3-11,13-14,16-17H2,1-2H3/b18-12+/t19-,20+,21-,22-,23-,24+,25+,26-/m0/s1. The molecule has 160 valence electrons. The topological polar surface area (TPSA) is 42.2 Å². The summed E-state index contributed by atoms with van der Waals surface area (Å²) in [6, 6.07) is 2.34. The third-order valence-electron chi connectivity index (χ3n) is 10.2. The van der Waals surface area contributed by atoms with Gasteiger partial charge in [0.1, 0.15) is 0 Å². The van der Waals surface area contributed by atoms with Crippen molar-refractivity contribution in [3.05, 3.63) is 11.6 Å². The van der Waals surface area contributed by atoms with Gasteiger partial charge in [-0.15, -0.1) is 0 Å². The summed E-state index contributed by atoms with van der Waals surface area (Å²) in [6.45, 7) is 5.99. The van der Waals surface area contributed by atoms with Crippen molar-refractivity contribution in [1.82, 2.24) is 0 Å². The molecule has 0 unspecified atom stereocenters. The Morgan fingerprint density at radius 2 is 1.93 bits per heavy atom. The molecule has 1 saturated heterocycles. The summed E-state index contributed by atoms with van der Waals surface area (Å²) in [5.74, 6) is 3.39. The van der Waals surface area contributed by atoms with Crippen LogP contribution in [-0.2, 0) is 9.47 Å². The number of hydrogen-bond donors (Lipinski definition) is 0. The van der Waals surface area contributed by atoms with Crippen LogP contribution in [0.15, 0.2) is 11.6 Å². The Morgan fingerprint density at radius 1 is 1.03 bits per heavy atom. The lowest BCUT2D eigenvalue weighted by Crippen LogP contribution is -2.53. The van der Waals surface area contributed by atoms with E-state index in [1.54, 1.807) is 0 Å². The second kappa shape index (κ2) is 7.69. The molecule has 0 radical (unpaired) electrons. The van der Waals surface area contributed by atoms with E-state index in [9.17, 15) is 5.26 Å². The Bertz CT molecular complexity index is 689. The first-order chi connectivity index (χ1) is 14.0. The molecule has 29 heavy (non-hydrogen) atoms. The third kappa shape index (κ3) is 3.30. The molecule has 0 aromatic heterocycles. The zero-order chi connectivity index (χ0) is 20.1. The van der Waals surface area contributed by atoms with Gasteiger partial charge in [-0.25, -0.2) is 0 Å². The molecule has 5 fully saturated rings. The number of nitriles is 1. The van der Waals surface area contributed by atoms with Gasteiger partial charge in [-0.05, 0) is 112 Å². The van der Waals surface area contributed by atoms with E-state index in [0.717, 1.165) is 43.1 Å². The molecule has 1 heterocycles. The lowest BCUT2D eigenvalue weighted by atomic mass is 9.45. The fourth-order valence-electron chi connectivity index (χ4n) is 8.54. The number of nitrogens with zero attached hydrogens (tertiary/aromatic N) is 1. The van der Waals surface area contributed by atoms with Crippen molar-refractivity contribution in [1.29, 1.82) is 5.26 Å². The maximum absolute atomic E-state index is 9.25. The fraction of sp³-hybridized carbons (Fsp3) is 0.885. The van der Waals surface area contributed by atoms with E-state index in [1.807, 2.05) is 6.08 Å². The average molecular weight is 398 g/mol. The monoisotopic (exact) mass is 397 g/mol. The van der Waals surface area contributed by atoms with E-state index < -0.39 is 0 Å². The second-order valence-corrected chi connectivity index (χ2v) is 11.3. The lowest BCUT2D eigenvalue weighted by molar-refractivity contribution is -0.211. The molecule has 0 aromatic carbocycles. The van der Waals surface area contributed by atoms with Crippen molar-refractivity contribution < 1.29 is 9.47 Å². The molecule has 4 saturated carbocycles. The number of rotatable bonds is 2. The number of ether oxygens (including phenoxy) is 2. The van der Waals surface area contributed by atoms with Crippen molar-refractivity contribution in [2.45, 2.75) is 103 Å². The zero-order valence-electron chi connectivity index (χ0n) is 18.5. The molecule has 3 heteroatoms. The molecular formula is C26H39NO2. The highest BCUT2D eigenvalue weighted by Crippen LogP contribution is 2.67. The van der Waals surface area contributed by atoms with Gasteiger partial charge in [0.05, 0.1) is 12.2 Å².